The number of carbonyl (C=O) groups excluding carboxylic acids is 2. The number of hydrogen-bond acceptors (Lipinski definition) is 4. The summed E-state index contributed by atoms with van der Waals surface area (Å²) in [6, 6.07) is 10.5. The second-order valence-corrected chi connectivity index (χ2v) is 6.74. The van der Waals surface area contributed by atoms with Crippen molar-refractivity contribution in [2.45, 2.75) is 12.8 Å². The van der Waals surface area contributed by atoms with Crippen LogP contribution in [0.5, 0.6) is 11.5 Å². The Bertz CT molecular complexity index is 947. The first-order chi connectivity index (χ1) is 12.5. The van der Waals surface area contributed by atoms with Crippen LogP contribution in [-0.4, -0.2) is 19.0 Å². The number of benzene rings is 2. The summed E-state index contributed by atoms with van der Waals surface area (Å²) in [6.07, 6.45) is 3.53. The number of hydrogen-bond donors (Lipinski definition) is 1. The quantitative estimate of drug-likeness (QED) is 0.499. The zero-order valence-electron chi connectivity index (χ0n) is 14.0. The first-order valence-corrected chi connectivity index (χ1v) is 8.65. The Kier molecular flexibility index (Phi) is 4.17. The molecule has 0 aromatic heterocycles. The van der Waals surface area contributed by atoms with Crippen LogP contribution in [0, 0.1) is 5.92 Å². The minimum atomic E-state index is -0.226. The van der Waals surface area contributed by atoms with Crippen LogP contribution in [0.25, 0.3) is 11.6 Å². The number of amides is 1. The Morgan fingerprint density at radius 2 is 2.00 bits per heavy atom. The van der Waals surface area contributed by atoms with Gasteiger partial charge in [0.15, 0.2) is 11.5 Å². The maximum absolute atomic E-state index is 12.3. The molecule has 0 spiro atoms. The fourth-order valence-electron chi connectivity index (χ4n) is 2.85. The molecule has 1 amide bonds. The molecule has 0 saturated heterocycles. The average molecular weight is 370 g/mol. The van der Waals surface area contributed by atoms with Gasteiger partial charge in [0.25, 0.3) is 5.91 Å². The minimum Gasteiger partial charge on any atom is -0.493 e. The summed E-state index contributed by atoms with van der Waals surface area (Å²) in [7, 11) is 1.51. The second-order valence-electron chi connectivity index (χ2n) is 6.31. The van der Waals surface area contributed by atoms with E-state index < -0.39 is 0 Å². The summed E-state index contributed by atoms with van der Waals surface area (Å²) in [4.78, 5) is 24.1. The standard InChI is InChI=1S/C20H16ClNO4/c1-25-18-9-11(2-7-17(18)26-20(24)12-3-4-12)8-15-14-6-5-13(21)10-16(14)22-19(15)23/h2,5-10,12H,3-4H2,1H3,(H,22,23)/b15-8-. The Morgan fingerprint density at radius 3 is 2.73 bits per heavy atom. The summed E-state index contributed by atoms with van der Waals surface area (Å²) in [6.45, 7) is 0. The summed E-state index contributed by atoms with van der Waals surface area (Å²) in [5, 5.41) is 3.37. The fraction of sp³-hybridized carbons (Fsp3) is 0.200. The van der Waals surface area contributed by atoms with Gasteiger partial charge in [0.05, 0.1) is 18.7 Å². The van der Waals surface area contributed by atoms with E-state index in [-0.39, 0.29) is 17.8 Å². The molecule has 0 bridgehead atoms. The number of rotatable bonds is 4. The summed E-state index contributed by atoms with van der Waals surface area (Å²) in [5.41, 5.74) is 2.79. The zero-order chi connectivity index (χ0) is 18.3. The molecular weight excluding hydrogens is 354 g/mol. The molecule has 1 aliphatic carbocycles. The molecule has 2 aliphatic rings. The van der Waals surface area contributed by atoms with Gasteiger partial charge in [-0.1, -0.05) is 23.7 Å². The van der Waals surface area contributed by atoms with Crippen LogP contribution in [-0.2, 0) is 9.59 Å². The van der Waals surface area contributed by atoms with Crippen molar-refractivity contribution >= 4 is 40.8 Å². The number of ether oxygens (including phenoxy) is 2. The molecule has 1 saturated carbocycles. The maximum Gasteiger partial charge on any atom is 0.314 e. The fourth-order valence-corrected chi connectivity index (χ4v) is 3.02. The normalized spacial score (nSPS) is 17.0. The molecule has 132 valence electrons. The Balaban J connectivity index is 1.65. The summed E-state index contributed by atoms with van der Waals surface area (Å²) in [5.74, 6) is 0.422. The van der Waals surface area contributed by atoms with Gasteiger partial charge in [-0.15, -0.1) is 0 Å². The SMILES string of the molecule is COc1cc(/C=C2\C(=O)Nc3cc(Cl)ccc32)ccc1OC(=O)C1CC1. The number of halogens is 1. The molecule has 6 heteroatoms. The molecule has 4 rings (SSSR count). The monoisotopic (exact) mass is 369 g/mol. The van der Waals surface area contributed by atoms with Gasteiger partial charge in [0, 0.05) is 16.2 Å². The van der Waals surface area contributed by atoms with Gasteiger partial charge in [-0.2, -0.15) is 0 Å². The molecule has 2 aromatic rings. The van der Waals surface area contributed by atoms with E-state index in [1.54, 1.807) is 36.4 Å². The minimum absolute atomic E-state index is 0.00649. The Labute approximate surface area is 155 Å². The smallest absolute Gasteiger partial charge is 0.314 e. The van der Waals surface area contributed by atoms with Crippen LogP contribution < -0.4 is 14.8 Å². The van der Waals surface area contributed by atoms with E-state index in [2.05, 4.69) is 5.32 Å². The van der Waals surface area contributed by atoms with E-state index in [1.165, 1.54) is 7.11 Å². The van der Waals surface area contributed by atoms with Crippen LogP contribution >= 0.6 is 11.6 Å². The number of carbonyl (C=O) groups is 2. The van der Waals surface area contributed by atoms with Crippen molar-refractivity contribution < 1.29 is 19.1 Å². The molecule has 26 heavy (non-hydrogen) atoms. The molecule has 0 radical (unpaired) electrons. The third-order valence-corrected chi connectivity index (χ3v) is 4.62. The van der Waals surface area contributed by atoms with Crippen molar-refractivity contribution in [2.75, 3.05) is 12.4 Å². The highest BCUT2D eigenvalue weighted by Crippen LogP contribution is 2.37. The summed E-state index contributed by atoms with van der Waals surface area (Å²) < 4.78 is 10.7. The largest absolute Gasteiger partial charge is 0.493 e. The number of anilines is 1. The van der Waals surface area contributed by atoms with E-state index in [4.69, 9.17) is 21.1 Å². The van der Waals surface area contributed by atoms with Gasteiger partial charge >= 0.3 is 5.97 Å². The highest BCUT2D eigenvalue weighted by atomic mass is 35.5. The van der Waals surface area contributed by atoms with E-state index in [0.29, 0.717) is 27.8 Å². The topological polar surface area (TPSA) is 64.6 Å². The molecular formula is C20H16ClNO4. The van der Waals surface area contributed by atoms with Crippen molar-refractivity contribution in [2.24, 2.45) is 5.92 Å². The predicted octanol–water partition coefficient (Wildman–Crippen LogP) is 4.16. The second kappa shape index (κ2) is 6.50. The van der Waals surface area contributed by atoms with Crippen molar-refractivity contribution in [3.63, 3.8) is 0 Å². The van der Waals surface area contributed by atoms with Crippen molar-refractivity contribution in [1.82, 2.24) is 0 Å². The number of esters is 1. The lowest BCUT2D eigenvalue weighted by Gasteiger charge is -2.10. The predicted molar refractivity (Wildman–Crippen MR) is 99.3 cm³/mol. The molecule has 1 fully saturated rings. The van der Waals surface area contributed by atoms with Gasteiger partial charge in [-0.05, 0) is 48.7 Å². The van der Waals surface area contributed by atoms with Gasteiger partial charge in [-0.25, -0.2) is 0 Å². The molecule has 1 heterocycles. The van der Waals surface area contributed by atoms with Crippen LogP contribution in [0.15, 0.2) is 36.4 Å². The van der Waals surface area contributed by atoms with Crippen LogP contribution in [0.3, 0.4) is 0 Å². The highest BCUT2D eigenvalue weighted by molar-refractivity contribution is 6.36. The van der Waals surface area contributed by atoms with E-state index in [1.807, 2.05) is 6.07 Å². The number of nitrogens with one attached hydrogen (secondary N) is 1. The van der Waals surface area contributed by atoms with Crippen LogP contribution in [0.1, 0.15) is 24.0 Å². The van der Waals surface area contributed by atoms with Crippen molar-refractivity contribution in [3.05, 3.63) is 52.5 Å². The lowest BCUT2D eigenvalue weighted by molar-refractivity contribution is -0.135. The highest BCUT2D eigenvalue weighted by Gasteiger charge is 2.32. The molecule has 1 aliphatic heterocycles. The Morgan fingerprint density at radius 1 is 1.19 bits per heavy atom. The van der Waals surface area contributed by atoms with Crippen molar-refractivity contribution in [3.8, 4) is 11.5 Å². The van der Waals surface area contributed by atoms with Gasteiger partial charge < -0.3 is 14.8 Å². The first-order valence-electron chi connectivity index (χ1n) is 8.28. The molecule has 2 aromatic carbocycles. The lowest BCUT2D eigenvalue weighted by atomic mass is 10.0. The average Bonchev–Trinajstić information content (AvgIpc) is 3.42. The summed E-state index contributed by atoms with van der Waals surface area (Å²) >= 11 is 5.98. The zero-order valence-corrected chi connectivity index (χ0v) is 14.8. The first kappa shape index (κ1) is 16.7. The van der Waals surface area contributed by atoms with E-state index in [9.17, 15) is 9.59 Å². The molecule has 0 atom stereocenters. The third-order valence-electron chi connectivity index (χ3n) is 4.38. The molecule has 0 unspecified atom stereocenters. The molecule has 1 N–H and O–H groups in total. The van der Waals surface area contributed by atoms with Gasteiger partial charge in [0.2, 0.25) is 0 Å². The van der Waals surface area contributed by atoms with Crippen LogP contribution in [0.2, 0.25) is 5.02 Å². The van der Waals surface area contributed by atoms with E-state index in [0.717, 1.165) is 24.0 Å². The third kappa shape index (κ3) is 3.18. The molecule has 5 nitrogen and oxygen atoms in total. The maximum atomic E-state index is 12.3. The van der Waals surface area contributed by atoms with Crippen molar-refractivity contribution in [1.29, 1.82) is 0 Å². The van der Waals surface area contributed by atoms with E-state index >= 15 is 0 Å². The Hall–Kier alpha value is -2.79. The van der Waals surface area contributed by atoms with Crippen LogP contribution in [0.4, 0.5) is 5.69 Å². The van der Waals surface area contributed by atoms with Gasteiger partial charge in [-0.3, -0.25) is 9.59 Å². The number of methoxy groups -OCH3 is 1. The lowest BCUT2D eigenvalue weighted by Crippen LogP contribution is -2.10. The van der Waals surface area contributed by atoms with Gasteiger partial charge in [0.1, 0.15) is 0 Å². The number of fused-ring (bicyclic) bond motifs is 1.